The van der Waals surface area contributed by atoms with Crippen LogP contribution in [0.4, 0.5) is 5.69 Å². The second kappa shape index (κ2) is 3.66. The van der Waals surface area contributed by atoms with Gasteiger partial charge in [0.15, 0.2) is 0 Å². The standard InChI is InChI=1S/C8H6N2O3/c1-5-2-3-6(8(11)10-13)7(4-5)9-12/h2-4H,1H3. The Hall–Kier alpha value is -1.91. The second-order valence-electron chi connectivity index (χ2n) is 2.51. The van der Waals surface area contributed by atoms with Crippen LogP contribution in [-0.4, -0.2) is 5.91 Å². The average Bonchev–Trinajstić information content (AvgIpc) is 2.16. The molecule has 0 bridgehead atoms. The van der Waals surface area contributed by atoms with Crippen molar-refractivity contribution in [2.75, 3.05) is 0 Å². The summed E-state index contributed by atoms with van der Waals surface area (Å²) in [5.74, 6) is -0.977. The zero-order chi connectivity index (χ0) is 9.84. The van der Waals surface area contributed by atoms with Crippen molar-refractivity contribution >= 4 is 11.6 Å². The minimum atomic E-state index is -0.977. The Morgan fingerprint density at radius 1 is 1.31 bits per heavy atom. The molecule has 0 aromatic heterocycles. The molecule has 0 atom stereocenters. The van der Waals surface area contributed by atoms with Gasteiger partial charge in [-0.2, -0.15) is 0 Å². The zero-order valence-electron chi connectivity index (χ0n) is 6.85. The van der Waals surface area contributed by atoms with Crippen molar-refractivity contribution in [3.8, 4) is 0 Å². The van der Waals surface area contributed by atoms with E-state index in [0.29, 0.717) is 0 Å². The lowest BCUT2D eigenvalue weighted by atomic mass is 10.1. The third-order valence-corrected chi connectivity index (χ3v) is 1.56. The number of rotatable bonds is 2. The van der Waals surface area contributed by atoms with E-state index < -0.39 is 5.91 Å². The van der Waals surface area contributed by atoms with Gasteiger partial charge in [0, 0.05) is 5.18 Å². The van der Waals surface area contributed by atoms with Crippen LogP contribution in [0.5, 0.6) is 0 Å². The first-order valence-electron chi connectivity index (χ1n) is 3.50. The SMILES string of the molecule is Cc1ccc(C(=O)N=O)c(N=O)c1. The summed E-state index contributed by atoms with van der Waals surface area (Å²) in [6, 6.07) is 4.38. The van der Waals surface area contributed by atoms with E-state index in [1.54, 1.807) is 13.0 Å². The van der Waals surface area contributed by atoms with Crippen molar-refractivity contribution in [1.82, 2.24) is 0 Å². The Bertz CT molecular complexity index is 374. The maximum atomic E-state index is 10.8. The number of hydrogen-bond acceptors (Lipinski definition) is 4. The molecule has 0 aliphatic heterocycles. The minimum Gasteiger partial charge on any atom is -0.263 e. The van der Waals surface area contributed by atoms with Gasteiger partial charge < -0.3 is 0 Å². The van der Waals surface area contributed by atoms with Gasteiger partial charge in [-0.3, -0.25) is 4.79 Å². The third kappa shape index (κ3) is 1.81. The molecule has 1 aromatic carbocycles. The molecule has 0 saturated heterocycles. The number of benzene rings is 1. The largest absolute Gasteiger partial charge is 0.319 e. The first-order valence-corrected chi connectivity index (χ1v) is 3.50. The maximum Gasteiger partial charge on any atom is 0.319 e. The van der Waals surface area contributed by atoms with Gasteiger partial charge in [0.05, 0.1) is 5.56 Å². The lowest BCUT2D eigenvalue weighted by molar-refractivity contribution is 0.100. The molecule has 0 fully saturated rings. The molecule has 0 saturated carbocycles. The number of nitrogens with zero attached hydrogens (tertiary/aromatic N) is 2. The van der Waals surface area contributed by atoms with E-state index in [-0.39, 0.29) is 11.3 Å². The number of hydrogen-bond donors (Lipinski definition) is 0. The monoisotopic (exact) mass is 178 g/mol. The van der Waals surface area contributed by atoms with Gasteiger partial charge in [0.1, 0.15) is 5.69 Å². The summed E-state index contributed by atoms with van der Waals surface area (Å²) < 4.78 is 0. The summed E-state index contributed by atoms with van der Waals surface area (Å²) in [7, 11) is 0. The molecule has 0 unspecified atom stereocenters. The van der Waals surface area contributed by atoms with Crippen LogP contribution in [0.1, 0.15) is 15.9 Å². The fourth-order valence-electron chi connectivity index (χ4n) is 0.947. The third-order valence-electron chi connectivity index (χ3n) is 1.56. The molecule has 5 heteroatoms. The van der Waals surface area contributed by atoms with Crippen LogP contribution in [-0.2, 0) is 0 Å². The lowest BCUT2D eigenvalue weighted by Gasteiger charge is -1.97. The fraction of sp³-hybridized carbons (Fsp3) is 0.125. The van der Waals surface area contributed by atoms with Gasteiger partial charge in [0.25, 0.3) is 0 Å². The van der Waals surface area contributed by atoms with E-state index >= 15 is 0 Å². The summed E-state index contributed by atoms with van der Waals surface area (Å²) >= 11 is 0. The molecule has 1 amide bonds. The Kier molecular flexibility index (Phi) is 2.59. The molecule has 0 radical (unpaired) electrons. The van der Waals surface area contributed by atoms with Crippen molar-refractivity contribution in [3.63, 3.8) is 0 Å². The summed E-state index contributed by atoms with van der Waals surface area (Å²) in [6.07, 6.45) is 0. The number of nitroso groups, excluding NO2 is 2. The van der Waals surface area contributed by atoms with Crippen LogP contribution in [0, 0.1) is 16.7 Å². The van der Waals surface area contributed by atoms with Gasteiger partial charge in [-0.15, -0.1) is 9.81 Å². The van der Waals surface area contributed by atoms with E-state index in [0.717, 1.165) is 5.56 Å². The summed E-state index contributed by atoms with van der Waals surface area (Å²) in [6.45, 7) is 1.75. The Balaban J connectivity index is 3.28. The summed E-state index contributed by atoms with van der Waals surface area (Å²) in [5.41, 5.74) is 0.678. The quantitative estimate of drug-likeness (QED) is 0.652. The molecule has 66 valence electrons. The zero-order valence-corrected chi connectivity index (χ0v) is 6.85. The second-order valence-corrected chi connectivity index (χ2v) is 2.51. The molecule has 1 rings (SSSR count). The molecule has 13 heavy (non-hydrogen) atoms. The van der Waals surface area contributed by atoms with Crippen molar-refractivity contribution in [2.45, 2.75) is 6.92 Å². The van der Waals surface area contributed by atoms with Crippen molar-refractivity contribution in [2.24, 2.45) is 10.4 Å². The van der Waals surface area contributed by atoms with Crippen LogP contribution in [0.15, 0.2) is 28.6 Å². The van der Waals surface area contributed by atoms with E-state index in [1.165, 1.54) is 12.1 Å². The van der Waals surface area contributed by atoms with Gasteiger partial charge in [-0.25, -0.2) is 0 Å². The summed E-state index contributed by atoms with van der Waals surface area (Å²) in [4.78, 5) is 31.0. The molecule has 5 nitrogen and oxygen atoms in total. The molecular weight excluding hydrogens is 172 g/mol. The number of carbonyl (C=O) groups excluding carboxylic acids is 1. The molecule has 0 aliphatic carbocycles. The van der Waals surface area contributed by atoms with Gasteiger partial charge in [-0.1, -0.05) is 6.07 Å². The van der Waals surface area contributed by atoms with Crippen molar-refractivity contribution < 1.29 is 4.79 Å². The number of aryl methyl sites for hydroxylation is 1. The van der Waals surface area contributed by atoms with E-state index in [1.807, 2.05) is 0 Å². The molecule has 0 spiro atoms. The lowest BCUT2D eigenvalue weighted by Crippen LogP contribution is -1.93. The number of amides is 1. The minimum absolute atomic E-state index is 0.0513. The highest BCUT2D eigenvalue weighted by molar-refractivity contribution is 5.99. The molecule has 0 N–H and O–H groups in total. The topological polar surface area (TPSA) is 75.9 Å². The Morgan fingerprint density at radius 3 is 2.54 bits per heavy atom. The van der Waals surface area contributed by atoms with Crippen LogP contribution in [0.3, 0.4) is 0 Å². The van der Waals surface area contributed by atoms with Crippen LogP contribution in [0.25, 0.3) is 0 Å². The number of carbonyl (C=O) groups is 1. The Morgan fingerprint density at radius 2 is 2.00 bits per heavy atom. The van der Waals surface area contributed by atoms with E-state index in [2.05, 4.69) is 10.4 Å². The molecular formula is C8H6N2O3. The first-order chi connectivity index (χ1) is 6.19. The van der Waals surface area contributed by atoms with Gasteiger partial charge in [-0.05, 0) is 29.8 Å². The maximum absolute atomic E-state index is 10.8. The first kappa shape index (κ1) is 9.18. The molecule has 1 aromatic rings. The van der Waals surface area contributed by atoms with Crippen LogP contribution < -0.4 is 0 Å². The predicted molar refractivity (Wildman–Crippen MR) is 46.8 cm³/mol. The molecule has 0 heterocycles. The summed E-state index contributed by atoms with van der Waals surface area (Å²) in [5, 5.41) is 4.84. The fourth-order valence-corrected chi connectivity index (χ4v) is 0.947. The van der Waals surface area contributed by atoms with Crippen molar-refractivity contribution in [1.29, 1.82) is 0 Å². The Labute approximate surface area is 73.7 Å². The smallest absolute Gasteiger partial charge is 0.263 e. The van der Waals surface area contributed by atoms with Crippen LogP contribution >= 0.6 is 0 Å². The predicted octanol–water partition coefficient (Wildman–Crippen LogP) is 2.30. The van der Waals surface area contributed by atoms with Crippen molar-refractivity contribution in [3.05, 3.63) is 39.1 Å². The highest BCUT2D eigenvalue weighted by Crippen LogP contribution is 2.21. The van der Waals surface area contributed by atoms with Crippen LogP contribution in [0.2, 0.25) is 0 Å². The normalized spacial score (nSPS) is 9.31. The average molecular weight is 178 g/mol. The van der Waals surface area contributed by atoms with E-state index in [9.17, 15) is 14.6 Å². The molecule has 0 aliphatic rings. The highest BCUT2D eigenvalue weighted by atomic mass is 16.3. The van der Waals surface area contributed by atoms with Gasteiger partial charge in [0.2, 0.25) is 0 Å². The highest BCUT2D eigenvalue weighted by Gasteiger charge is 2.11. The van der Waals surface area contributed by atoms with E-state index in [4.69, 9.17) is 0 Å². The van der Waals surface area contributed by atoms with Gasteiger partial charge >= 0.3 is 5.91 Å².